The van der Waals surface area contributed by atoms with Gasteiger partial charge < -0.3 is 15.5 Å². The summed E-state index contributed by atoms with van der Waals surface area (Å²) in [6.07, 6.45) is 3.32. The van der Waals surface area contributed by atoms with Crippen LogP contribution >= 0.6 is 0 Å². The fourth-order valence-electron chi connectivity index (χ4n) is 5.46. The molecule has 4 rings (SSSR count). The van der Waals surface area contributed by atoms with Crippen LogP contribution in [-0.4, -0.2) is 59.1 Å². The van der Waals surface area contributed by atoms with Crippen molar-refractivity contribution in [2.75, 3.05) is 19.6 Å². The van der Waals surface area contributed by atoms with Gasteiger partial charge in [0.15, 0.2) is 0 Å². The Hall–Kier alpha value is -3.18. The van der Waals surface area contributed by atoms with Crippen LogP contribution in [0, 0.1) is 29.6 Å². The van der Waals surface area contributed by atoms with Gasteiger partial charge in [0.1, 0.15) is 6.04 Å². The van der Waals surface area contributed by atoms with Crippen LogP contribution < -0.4 is 11.1 Å². The van der Waals surface area contributed by atoms with Gasteiger partial charge >= 0.3 is 0 Å². The highest BCUT2D eigenvalue weighted by Gasteiger charge is 2.39. The Morgan fingerprint density at radius 3 is 2.60 bits per heavy atom. The predicted molar refractivity (Wildman–Crippen MR) is 131 cm³/mol. The molecule has 3 unspecified atom stereocenters. The van der Waals surface area contributed by atoms with Crippen LogP contribution in [0.3, 0.4) is 0 Å². The number of hydrogen-bond donors (Lipinski definition) is 2. The van der Waals surface area contributed by atoms with E-state index in [0.29, 0.717) is 36.3 Å². The molecule has 2 saturated heterocycles. The van der Waals surface area contributed by atoms with E-state index in [-0.39, 0.29) is 30.7 Å². The minimum absolute atomic E-state index is 0.0278. The third kappa shape index (κ3) is 5.25. The van der Waals surface area contributed by atoms with Gasteiger partial charge in [0, 0.05) is 43.6 Å². The lowest BCUT2D eigenvalue weighted by atomic mass is 9.77. The Morgan fingerprint density at radius 2 is 1.91 bits per heavy atom. The topological polar surface area (TPSA) is 113 Å². The largest absolute Gasteiger partial charge is 0.342 e. The molecule has 186 valence electrons. The van der Waals surface area contributed by atoms with Crippen molar-refractivity contribution >= 4 is 23.6 Å². The molecule has 3 N–H and O–H groups in total. The Bertz CT molecular complexity index is 1080. The van der Waals surface area contributed by atoms with Crippen molar-refractivity contribution in [3.8, 4) is 11.8 Å². The standard InChI is InChI=1S/C27H34N4O4/c1-17(18(2)19-11-13-30(14-12-19)25(33)15-28)5-3-6-20-7-4-8-21-22(20)16-31(27(21)35)23-9-10-24(32)29-26(23)34/h4,7-8,17-19,23H,5,9-16,28H2,1-2H3,(H,29,32,34). The number of likely N-dealkylation sites (tertiary alicyclic amines) is 1. The minimum Gasteiger partial charge on any atom is -0.342 e. The summed E-state index contributed by atoms with van der Waals surface area (Å²) in [7, 11) is 0. The summed E-state index contributed by atoms with van der Waals surface area (Å²) in [5.41, 5.74) is 7.75. The van der Waals surface area contributed by atoms with Crippen molar-refractivity contribution in [1.82, 2.24) is 15.1 Å². The third-order valence-electron chi connectivity index (χ3n) is 7.94. The summed E-state index contributed by atoms with van der Waals surface area (Å²) in [5.74, 6) is 7.21. The van der Waals surface area contributed by atoms with Crippen LogP contribution in [-0.2, 0) is 20.9 Å². The number of nitrogens with two attached hydrogens (primary N) is 1. The molecule has 0 aromatic heterocycles. The molecular formula is C27H34N4O4. The highest BCUT2D eigenvalue weighted by Crippen LogP contribution is 2.32. The number of carbonyl (C=O) groups excluding carboxylic acids is 4. The lowest BCUT2D eigenvalue weighted by Crippen LogP contribution is -2.52. The number of fused-ring (bicyclic) bond motifs is 1. The smallest absolute Gasteiger partial charge is 0.255 e. The SMILES string of the molecule is CC(CC#Cc1cccc2c1CN(C1CCC(=O)NC1=O)C2=O)C(C)C1CCN(C(=O)CN)CC1. The molecule has 4 amide bonds. The van der Waals surface area contributed by atoms with Crippen LogP contribution in [0.25, 0.3) is 0 Å². The number of rotatable bonds is 5. The number of hydrogen-bond acceptors (Lipinski definition) is 5. The van der Waals surface area contributed by atoms with Gasteiger partial charge in [-0.05, 0) is 54.7 Å². The van der Waals surface area contributed by atoms with Crippen LogP contribution in [0.1, 0.15) is 67.4 Å². The van der Waals surface area contributed by atoms with Crippen molar-refractivity contribution in [3.63, 3.8) is 0 Å². The van der Waals surface area contributed by atoms with Gasteiger partial charge in [-0.25, -0.2) is 0 Å². The normalized spacial score (nSPS) is 22.3. The van der Waals surface area contributed by atoms with E-state index in [2.05, 4.69) is 31.0 Å². The zero-order chi connectivity index (χ0) is 25.1. The number of piperidine rings is 2. The first kappa shape index (κ1) is 24.9. The molecule has 35 heavy (non-hydrogen) atoms. The van der Waals surface area contributed by atoms with Crippen molar-refractivity contribution in [3.05, 3.63) is 34.9 Å². The van der Waals surface area contributed by atoms with E-state index < -0.39 is 11.9 Å². The molecule has 0 saturated carbocycles. The first-order chi connectivity index (χ1) is 16.8. The van der Waals surface area contributed by atoms with Crippen LogP contribution in [0.4, 0.5) is 0 Å². The molecule has 0 aliphatic carbocycles. The lowest BCUT2D eigenvalue weighted by Gasteiger charge is -2.36. The lowest BCUT2D eigenvalue weighted by molar-refractivity contribution is -0.137. The van der Waals surface area contributed by atoms with Crippen LogP contribution in [0.5, 0.6) is 0 Å². The fourth-order valence-corrected chi connectivity index (χ4v) is 5.46. The summed E-state index contributed by atoms with van der Waals surface area (Å²) in [6.45, 7) is 6.45. The van der Waals surface area contributed by atoms with Gasteiger partial charge in [-0.2, -0.15) is 0 Å². The van der Waals surface area contributed by atoms with Gasteiger partial charge in [-0.15, -0.1) is 0 Å². The number of imide groups is 1. The molecule has 3 aliphatic heterocycles. The van der Waals surface area contributed by atoms with E-state index >= 15 is 0 Å². The van der Waals surface area contributed by atoms with E-state index in [4.69, 9.17) is 5.73 Å². The van der Waals surface area contributed by atoms with Gasteiger partial charge in [0.25, 0.3) is 5.91 Å². The van der Waals surface area contributed by atoms with Gasteiger partial charge in [0.05, 0.1) is 6.54 Å². The fraction of sp³-hybridized carbons (Fsp3) is 0.556. The van der Waals surface area contributed by atoms with E-state index in [0.717, 1.165) is 43.5 Å². The molecule has 3 aliphatic rings. The average molecular weight is 479 g/mol. The minimum atomic E-state index is -0.624. The zero-order valence-electron chi connectivity index (χ0n) is 20.5. The summed E-state index contributed by atoms with van der Waals surface area (Å²) in [4.78, 5) is 52.0. The molecule has 3 atom stereocenters. The number of benzene rings is 1. The average Bonchev–Trinajstić information content (AvgIpc) is 3.20. The van der Waals surface area contributed by atoms with Gasteiger partial charge in [-0.3, -0.25) is 24.5 Å². The molecule has 0 radical (unpaired) electrons. The van der Waals surface area contributed by atoms with Gasteiger partial charge in [-0.1, -0.05) is 31.8 Å². The Morgan fingerprint density at radius 1 is 1.17 bits per heavy atom. The maximum atomic E-state index is 13.0. The van der Waals surface area contributed by atoms with E-state index in [9.17, 15) is 19.2 Å². The van der Waals surface area contributed by atoms with Crippen LogP contribution in [0.15, 0.2) is 18.2 Å². The predicted octanol–water partition coefficient (Wildman–Crippen LogP) is 1.66. The molecule has 2 fully saturated rings. The van der Waals surface area contributed by atoms with Crippen molar-refractivity contribution in [2.45, 2.75) is 58.5 Å². The summed E-state index contributed by atoms with van der Waals surface area (Å²) in [5, 5.41) is 2.34. The van der Waals surface area contributed by atoms with Crippen molar-refractivity contribution in [2.24, 2.45) is 23.5 Å². The second-order valence-corrected chi connectivity index (χ2v) is 10.00. The molecule has 8 nitrogen and oxygen atoms in total. The summed E-state index contributed by atoms with van der Waals surface area (Å²) >= 11 is 0. The number of amides is 4. The van der Waals surface area contributed by atoms with E-state index in [1.54, 1.807) is 11.0 Å². The first-order valence-corrected chi connectivity index (χ1v) is 12.5. The summed E-state index contributed by atoms with van der Waals surface area (Å²) < 4.78 is 0. The molecule has 0 bridgehead atoms. The number of nitrogens with one attached hydrogen (secondary N) is 1. The molecule has 8 heteroatoms. The molecule has 0 spiro atoms. The van der Waals surface area contributed by atoms with Crippen molar-refractivity contribution in [1.29, 1.82) is 0 Å². The Labute approximate surface area is 206 Å². The maximum Gasteiger partial charge on any atom is 0.255 e. The quantitative estimate of drug-likeness (QED) is 0.494. The summed E-state index contributed by atoms with van der Waals surface area (Å²) in [6, 6.07) is 4.91. The maximum absolute atomic E-state index is 13.0. The number of carbonyl (C=O) groups is 4. The Kier molecular flexibility index (Phi) is 7.56. The molecule has 1 aromatic carbocycles. The Balaban J connectivity index is 1.38. The van der Waals surface area contributed by atoms with E-state index in [1.165, 1.54) is 0 Å². The zero-order valence-corrected chi connectivity index (χ0v) is 20.5. The highest BCUT2D eigenvalue weighted by atomic mass is 16.2. The second kappa shape index (κ2) is 10.6. The second-order valence-electron chi connectivity index (χ2n) is 10.00. The molecule has 3 heterocycles. The first-order valence-electron chi connectivity index (χ1n) is 12.5. The van der Waals surface area contributed by atoms with E-state index in [1.807, 2.05) is 17.0 Å². The van der Waals surface area contributed by atoms with Crippen molar-refractivity contribution < 1.29 is 19.2 Å². The number of nitrogens with zero attached hydrogens (tertiary/aromatic N) is 2. The van der Waals surface area contributed by atoms with Crippen LogP contribution in [0.2, 0.25) is 0 Å². The highest BCUT2D eigenvalue weighted by molar-refractivity contribution is 6.05. The van der Waals surface area contributed by atoms with Gasteiger partial charge in [0.2, 0.25) is 17.7 Å². The monoisotopic (exact) mass is 478 g/mol. The molecular weight excluding hydrogens is 444 g/mol. The third-order valence-corrected chi connectivity index (χ3v) is 7.94. The molecule has 1 aromatic rings.